The van der Waals surface area contributed by atoms with Crippen molar-refractivity contribution in [2.45, 2.75) is 18.1 Å². The Hall–Kier alpha value is -2.23. The number of halogens is 3. The van der Waals surface area contributed by atoms with E-state index in [-0.39, 0.29) is 22.8 Å². The first kappa shape index (κ1) is 21.1. The molecule has 0 aromatic heterocycles. The maximum atomic E-state index is 12.4. The van der Waals surface area contributed by atoms with E-state index in [4.69, 9.17) is 16.3 Å². The van der Waals surface area contributed by atoms with Crippen LogP contribution in [0.25, 0.3) is 0 Å². The molecule has 0 aliphatic carbocycles. The van der Waals surface area contributed by atoms with Crippen LogP contribution in [0.5, 0.6) is 5.75 Å². The van der Waals surface area contributed by atoms with Gasteiger partial charge in [0.15, 0.2) is 0 Å². The van der Waals surface area contributed by atoms with Crippen LogP contribution in [0, 0.1) is 0 Å². The minimum absolute atomic E-state index is 0.0297. The van der Waals surface area contributed by atoms with E-state index in [0.29, 0.717) is 5.02 Å². The topological polar surface area (TPSA) is 72.9 Å². The first-order valence-electron chi connectivity index (χ1n) is 7.60. The lowest BCUT2D eigenvalue weighted by Gasteiger charge is -2.17. The van der Waals surface area contributed by atoms with E-state index in [1.54, 1.807) is 6.07 Å². The highest BCUT2D eigenvalue weighted by molar-refractivity contribution is 7.89. The minimum atomic E-state index is -3.91. The maximum Gasteiger partial charge on any atom is 0.387 e. The molecule has 0 unspecified atom stereocenters. The van der Waals surface area contributed by atoms with E-state index in [1.807, 2.05) is 0 Å². The molecule has 0 aliphatic rings. The minimum Gasteiger partial charge on any atom is -0.460 e. The molecule has 27 heavy (non-hydrogen) atoms. The normalized spacial score (nSPS) is 11.6. The van der Waals surface area contributed by atoms with Crippen molar-refractivity contribution in [1.82, 2.24) is 4.31 Å². The molecule has 0 atom stereocenters. The third kappa shape index (κ3) is 5.88. The second-order valence-corrected chi connectivity index (χ2v) is 7.84. The van der Waals surface area contributed by atoms with E-state index in [9.17, 15) is 22.0 Å². The van der Waals surface area contributed by atoms with Crippen LogP contribution in [0.4, 0.5) is 8.78 Å². The van der Waals surface area contributed by atoms with Crippen molar-refractivity contribution in [3.05, 3.63) is 59.1 Å². The predicted octanol–water partition coefficient (Wildman–Crippen LogP) is 3.31. The van der Waals surface area contributed by atoms with Crippen molar-refractivity contribution < 1.29 is 31.5 Å². The summed E-state index contributed by atoms with van der Waals surface area (Å²) in [5.41, 5.74) is 0.231. The SMILES string of the molecule is CN(CC(=O)OCc1ccccc1OC(F)F)S(=O)(=O)c1ccc(Cl)cc1. The molecule has 0 saturated heterocycles. The lowest BCUT2D eigenvalue weighted by molar-refractivity contribution is -0.145. The molecule has 10 heteroatoms. The number of para-hydroxylation sites is 1. The quantitative estimate of drug-likeness (QED) is 0.614. The summed E-state index contributed by atoms with van der Waals surface area (Å²) in [6.07, 6.45) is 0. The maximum absolute atomic E-state index is 12.4. The standard InChI is InChI=1S/C17H16ClF2NO5S/c1-21(27(23,24)14-8-6-13(18)7-9-14)10-16(22)25-11-12-4-2-3-5-15(12)26-17(19)20/h2-9,17H,10-11H2,1H3. The zero-order valence-electron chi connectivity index (χ0n) is 14.1. The van der Waals surface area contributed by atoms with Gasteiger partial charge in [0.25, 0.3) is 0 Å². The number of carbonyl (C=O) groups excluding carboxylic acids is 1. The van der Waals surface area contributed by atoms with Gasteiger partial charge in [-0.15, -0.1) is 0 Å². The third-order valence-electron chi connectivity index (χ3n) is 3.45. The van der Waals surface area contributed by atoms with Crippen LogP contribution in [0.2, 0.25) is 5.02 Å². The molecule has 0 bridgehead atoms. The molecule has 0 N–H and O–H groups in total. The summed E-state index contributed by atoms with van der Waals surface area (Å²) >= 11 is 5.73. The number of nitrogens with zero attached hydrogens (tertiary/aromatic N) is 1. The molecule has 0 saturated carbocycles. The van der Waals surface area contributed by atoms with Crippen molar-refractivity contribution in [3.63, 3.8) is 0 Å². The first-order chi connectivity index (χ1) is 12.7. The van der Waals surface area contributed by atoms with Crippen molar-refractivity contribution in [2.24, 2.45) is 0 Å². The smallest absolute Gasteiger partial charge is 0.387 e. The molecule has 0 heterocycles. The summed E-state index contributed by atoms with van der Waals surface area (Å²) in [5, 5.41) is 0.376. The summed E-state index contributed by atoms with van der Waals surface area (Å²) in [6, 6.07) is 11.3. The predicted molar refractivity (Wildman–Crippen MR) is 94.1 cm³/mol. The second kappa shape index (κ2) is 9.12. The summed E-state index contributed by atoms with van der Waals surface area (Å²) in [6.45, 7) is -3.91. The highest BCUT2D eigenvalue weighted by Crippen LogP contribution is 2.21. The molecule has 2 aromatic carbocycles. The molecule has 2 aromatic rings. The number of esters is 1. The van der Waals surface area contributed by atoms with Crippen LogP contribution >= 0.6 is 11.6 Å². The highest BCUT2D eigenvalue weighted by atomic mass is 35.5. The van der Waals surface area contributed by atoms with Gasteiger partial charge in [-0.2, -0.15) is 13.1 Å². The van der Waals surface area contributed by atoms with Crippen LogP contribution in [-0.2, 0) is 26.2 Å². The molecule has 146 valence electrons. The first-order valence-corrected chi connectivity index (χ1v) is 9.42. The van der Waals surface area contributed by atoms with E-state index in [2.05, 4.69) is 4.74 Å². The van der Waals surface area contributed by atoms with Crippen molar-refractivity contribution in [2.75, 3.05) is 13.6 Å². The average molecular weight is 420 g/mol. The molecule has 0 radical (unpaired) electrons. The summed E-state index contributed by atoms with van der Waals surface area (Å²) in [5.74, 6) is -0.968. The van der Waals surface area contributed by atoms with Crippen molar-refractivity contribution >= 4 is 27.6 Å². The Morgan fingerprint density at radius 2 is 1.78 bits per heavy atom. The summed E-state index contributed by atoms with van der Waals surface area (Å²) in [7, 11) is -2.69. The van der Waals surface area contributed by atoms with Gasteiger partial charge in [0, 0.05) is 17.6 Å². The van der Waals surface area contributed by atoms with Gasteiger partial charge in [0.1, 0.15) is 18.9 Å². The molecular formula is C17H16ClF2NO5S. The number of rotatable bonds is 8. The van der Waals surface area contributed by atoms with Gasteiger partial charge in [0.2, 0.25) is 10.0 Å². The van der Waals surface area contributed by atoms with Crippen LogP contribution in [0.1, 0.15) is 5.56 Å². The average Bonchev–Trinajstić information content (AvgIpc) is 2.61. The van der Waals surface area contributed by atoms with Crippen LogP contribution in [-0.4, -0.2) is 38.9 Å². The van der Waals surface area contributed by atoms with Gasteiger partial charge in [-0.05, 0) is 30.3 Å². The molecule has 0 amide bonds. The molecule has 0 aliphatic heterocycles. The van der Waals surface area contributed by atoms with E-state index < -0.39 is 29.1 Å². The van der Waals surface area contributed by atoms with Gasteiger partial charge in [-0.3, -0.25) is 4.79 Å². The Kier molecular flexibility index (Phi) is 7.11. The van der Waals surface area contributed by atoms with Gasteiger partial charge >= 0.3 is 12.6 Å². The van der Waals surface area contributed by atoms with Gasteiger partial charge in [-0.1, -0.05) is 29.8 Å². The number of alkyl halides is 2. The van der Waals surface area contributed by atoms with E-state index in [1.165, 1.54) is 49.5 Å². The Labute approximate surface area is 160 Å². The van der Waals surface area contributed by atoms with Crippen LogP contribution in [0.15, 0.2) is 53.4 Å². The number of ether oxygens (including phenoxy) is 2. The Morgan fingerprint density at radius 1 is 1.15 bits per heavy atom. The number of hydrogen-bond donors (Lipinski definition) is 0. The zero-order valence-corrected chi connectivity index (χ0v) is 15.7. The molecule has 6 nitrogen and oxygen atoms in total. The van der Waals surface area contributed by atoms with Crippen LogP contribution < -0.4 is 4.74 Å². The van der Waals surface area contributed by atoms with Gasteiger partial charge < -0.3 is 9.47 Å². The number of hydrogen-bond acceptors (Lipinski definition) is 5. The monoisotopic (exact) mass is 419 g/mol. The molecule has 0 spiro atoms. The lowest BCUT2D eigenvalue weighted by atomic mass is 10.2. The number of sulfonamides is 1. The Bertz CT molecular complexity index is 890. The highest BCUT2D eigenvalue weighted by Gasteiger charge is 2.23. The number of likely N-dealkylation sites (N-methyl/N-ethyl adjacent to an activating group) is 1. The van der Waals surface area contributed by atoms with Crippen molar-refractivity contribution in [3.8, 4) is 5.75 Å². The van der Waals surface area contributed by atoms with Crippen molar-refractivity contribution in [1.29, 1.82) is 0 Å². The second-order valence-electron chi connectivity index (χ2n) is 5.36. The fourth-order valence-electron chi connectivity index (χ4n) is 2.09. The molecule has 0 fully saturated rings. The molecule has 2 rings (SSSR count). The summed E-state index contributed by atoms with van der Waals surface area (Å²) < 4.78 is 59.7. The lowest BCUT2D eigenvalue weighted by Crippen LogP contribution is -2.33. The number of carbonyl (C=O) groups is 1. The Balaban J connectivity index is 1.98. The van der Waals surface area contributed by atoms with Crippen LogP contribution in [0.3, 0.4) is 0 Å². The molecular weight excluding hydrogens is 404 g/mol. The third-order valence-corrected chi connectivity index (χ3v) is 5.52. The Morgan fingerprint density at radius 3 is 2.41 bits per heavy atom. The van der Waals surface area contributed by atoms with Gasteiger partial charge in [0.05, 0.1) is 4.90 Å². The fourth-order valence-corrected chi connectivity index (χ4v) is 3.33. The number of benzene rings is 2. The van der Waals surface area contributed by atoms with E-state index in [0.717, 1.165) is 4.31 Å². The fraction of sp³-hybridized carbons (Fsp3) is 0.235. The zero-order chi connectivity index (χ0) is 20.0. The largest absolute Gasteiger partial charge is 0.460 e. The summed E-state index contributed by atoms with van der Waals surface area (Å²) in [4.78, 5) is 11.9. The van der Waals surface area contributed by atoms with Gasteiger partial charge in [-0.25, -0.2) is 8.42 Å². The van der Waals surface area contributed by atoms with E-state index >= 15 is 0 Å².